The summed E-state index contributed by atoms with van der Waals surface area (Å²) in [5.41, 5.74) is 0. The van der Waals surface area contributed by atoms with Gasteiger partial charge in [0.2, 0.25) is 5.91 Å². The monoisotopic (exact) mass is 293 g/mol. The average Bonchev–Trinajstić information content (AvgIpc) is 3.03. The van der Waals surface area contributed by atoms with Crippen molar-refractivity contribution in [2.75, 3.05) is 13.1 Å². The second-order valence-electron chi connectivity index (χ2n) is 7.45. The van der Waals surface area contributed by atoms with Crippen LogP contribution in [0.25, 0.3) is 0 Å². The van der Waals surface area contributed by atoms with E-state index in [4.69, 9.17) is 0 Å². The Kier molecular flexibility index (Phi) is 4.55. The molecular weight excluding hydrogens is 262 g/mol. The number of hydrogen-bond acceptors (Lipinski definition) is 3. The summed E-state index contributed by atoms with van der Waals surface area (Å²) >= 11 is 0. The number of nitrogens with zero attached hydrogens (tertiary/aromatic N) is 2. The maximum atomic E-state index is 12.9. The molecule has 3 rings (SSSR count). The van der Waals surface area contributed by atoms with Crippen LogP contribution in [-0.4, -0.2) is 53.1 Å². The molecule has 0 aromatic rings. The topological polar surface area (TPSA) is 35.6 Å². The highest BCUT2D eigenvalue weighted by Gasteiger charge is 2.45. The van der Waals surface area contributed by atoms with Gasteiger partial charge in [0.05, 0.1) is 12.2 Å². The maximum Gasteiger partial charge on any atom is 0.241 e. The smallest absolute Gasteiger partial charge is 0.241 e. The van der Waals surface area contributed by atoms with Crippen molar-refractivity contribution in [3.8, 4) is 0 Å². The fourth-order valence-corrected chi connectivity index (χ4v) is 4.54. The van der Waals surface area contributed by atoms with Crippen LogP contribution in [0, 0.1) is 5.92 Å². The average molecular weight is 293 g/mol. The molecule has 4 unspecified atom stereocenters. The quantitative estimate of drug-likeness (QED) is 0.863. The normalized spacial score (nSPS) is 37.5. The van der Waals surface area contributed by atoms with Gasteiger partial charge in [0.15, 0.2) is 0 Å². The van der Waals surface area contributed by atoms with Gasteiger partial charge in [0.1, 0.15) is 0 Å². The number of nitrogens with one attached hydrogen (secondary N) is 1. The number of piperidine rings is 1. The van der Waals surface area contributed by atoms with E-state index in [1.54, 1.807) is 0 Å². The Hall–Kier alpha value is -0.610. The van der Waals surface area contributed by atoms with E-state index in [1.165, 1.54) is 32.4 Å². The van der Waals surface area contributed by atoms with Gasteiger partial charge in [-0.15, -0.1) is 0 Å². The molecule has 0 radical (unpaired) electrons. The molecule has 0 saturated carbocycles. The van der Waals surface area contributed by atoms with Crippen LogP contribution in [-0.2, 0) is 4.79 Å². The lowest BCUT2D eigenvalue weighted by Crippen LogP contribution is -2.51. The molecule has 1 N–H and O–H groups in total. The summed E-state index contributed by atoms with van der Waals surface area (Å²) in [4.78, 5) is 17.8. The molecule has 3 fully saturated rings. The van der Waals surface area contributed by atoms with Crippen LogP contribution < -0.4 is 5.32 Å². The minimum absolute atomic E-state index is 0.0307. The molecule has 4 atom stereocenters. The van der Waals surface area contributed by atoms with E-state index >= 15 is 0 Å². The molecule has 120 valence electrons. The third-order valence-corrected chi connectivity index (χ3v) is 5.64. The molecule has 0 aromatic carbocycles. The van der Waals surface area contributed by atoms with Gasteiger partial charge in [0, 0.05) is 18.6 Å². The number of carbonyl (C=O) groups excluding carboxylic acids is 1. The Balaban J connectivity index is 1.73. The zero-order valence-corrected chi connectivity index (χ0v) is 13.8. The largest absolute Gasteiger partial charge is 0.323 e. The number of carbonyl (C=O) groups is 1. The maximum absolute atomic E-state index is 12.9. The Morgan fingerprint density at radius 3 is 2.76 bits per heavy atom. The van der Waals surface area contributed by atoms with Crippen LogP contribution in [0.15, 0.2) is 0 Å². The molecular formula is C17H31N3O. The minimum Gasteiger partial charge on any atom is -0.323 e. The molecule has 4 heteroatoms. The van der Waals surface area contributed by atoms with Gasteiger partial charge in [-0.05, 0) is 44.6 Å². The Morgan fingerprint density at radius 1 is 1.24 bits per heavy atom. The summed E-state index contributed by atoms with van der Waals surface area (Å²) in [5.74, 6) is 0.744. The molecule has 0 aliphatic carbocycles. The van der Waals surface area contributed by atoms with Gasteiger partial charge in [0.25, 0.3) is 0 Å². The van der Waals surface area contributed by atoms with Gasteiger partial charge in [-0.25, -0.2) is 0 Å². The first-order chi connectivity index (χ1) is 10.1. The molecule has 0 bridgehead atoms. The molecule has 1 amide bonds. The van der Waals surface area contributed by atoms with Crippen molar-refractivity contribution >= 4 is 5.91 Å². The Labute approximate surface area is 129 Å². The number of fused-ring (bicyclic) bond motifs is 1. The Morgan fingerprint density at radius 2 is 2.05 bits per heavy atom. The van der Waals surface area contributed by atoms with E-state index in [0.717, 1.165) is 25.3 Å². The van der Waals surface area contributed by atoms with E-state index in [9.17, 15) is 4.79 Å². The van der Waals surface area contributed by atoms with E-state index in [-0.39, 0.29) is 12.2 Å². The SMILES string of the molecule is CCCC1NC(C(C)C)C(=O)N1C1CCN2CCCC2C1. The highest BCUT2D eigenvalue weighted by molar-refractivity contribution is 5.85. The van der Waals surface area contributed by atoms with Gasteiger partial charge >= 0.3 is 0 Å². The van der Waals surface area contributed by atoms with Crippen molar-refractivity contribution in [1.29, 1.82) is 0 Å². The van der Waals surface area contributed by atoms with Crippen LogP contribution in [0.5, 0.6) is 0 Å². The van der Waals surface area contributed by atoms with Crippen molar-refractivity contribution in [2.45, 2.75) is 83.6 Å². The second kappa shape index (κ2) is 6.25. The molecule has 0 spiro atoms. The molecule has 3 aliphatic heterocycles. The fourth-order valence-electron chi connectivity index (χ4n) is 4.54. The standard InChI is InChI=1S/C17H31N3O/c1-4-6-15-18-16(12(2)3)17(21)20(15)14-8-10-19-9-5-7-13(19)11-14/h12-16,18H,4-11H2,1-3H3. The van der Waals surface area contributed by atoms with Crippen molar-refractivity contribution in [3.63, 3.8) is 0 Å². The van der Waals surface area contributed by atoms with Crippen molar-refractivity contribution in [3.05, 3.63) is 0 Å². The van der Waals surface area contributed by atoms with E-state index in [0.29, 0.717) is 17.9 Å². The van der Waals surface area contributed by atoms with Gasteiger partial charge < -0.3 is 9.80 Å². The zero-order chi connectivity index (χ0) is 15.0. The fraction of sp³-hybridized carbons (Fsp3) is 0.941. The molecule has 3 saturated heterocycles. The van der Waals surface area contributed by atoms with Crippen molar-refractivity contribution in [1.82, 2.24) is 15.1 Å². The Bertz CT molecular complexity index is 384. The number of rotatable bonds is 4. The number of amides is 1. The zero-order valence-electron chi connectivity index (χ0n) is 13.8. The van der Waals surface area contributed by atoms with E-state index in [2.05, 4.69) is 35.9 Å². The lowest BCUT2D eigenvalue weighted by molar-refractivity contribution is -0.134. The molecule has 4 nitrogen and oxygen atoms in total. The third kappa shape index (κ3) is 2.85. The lowest BCUT2D eigenvalue weighted by atomic mass is 9.95. The predicted molar refractivity (Wildman–Crippen MR) is 84.9 cm³/mol. The van der Waals surface area contributed by atoms with Crippen LogP contribution >= 0.6 is 0 Å². The van der Waals surface area contributed by atoms with E-state index < -0.39 is 0 Å². The second-order valence-corrected chi connectivity index (χ2v) is 7.45. The lowest BCUT2D eigenvalue weighted by Gasteiger charge is -2.41. The number of hydrogen-bond donors (Lipinski definition) is 1. The first kappa shape index (κ1) is 15.3. The molecule has 21 heavy (non-hydrogen) atoms. The van der Waals surface area contributed by atoms with Crippen molar-refractivity contribution < 1.29 is 4.79 Å². The summed E-state index contributed by atoms with van der Waals surface area (Å²) in [7, 11) is 0. The van der Waals surface area contributed by atoms with Crippen molar-refractivity contribution in [2.24, 2.45) is 5.92 Å². The van der Waals surface area contributed by atoms with Crippen LogP contribution in [0.1, 0.15) is 59.3 Å². The van der Waals surface area contributed by atoms with Gasteiger partial charge in [-0.2, -0.15) is 0 Å². The highest BCUT2D eigenvalue weighted by atomic mass is 16.2. The first-order valence-corrected chi connectivity index (χ1v) is 8.94. The molecule has 0 aromatic heterocycles. The summed E-state index contributed by atoms with van der Waals surface area (Å²) in [6, 6.07) is 1.23. The van der Waals surface area contributed by atoms with Crippen LogP contribution in [0.2, 0.25) is 0 Å². The minimum atomic E-state index is 0.0307. The van der Waals surface area contributed by atoms with Gasteiger partial charge in [-0.1, -0.05) is 27.2 Å². The summed E-state index contributed by atoms with van der Waals surface area (Å²) in [6.07, 6.45) is 7.52. The summed E-state index contributed by atoms with van der Waals surface area (Å²) < 4.78 is 0. The predicted octanol–water partition coefficient (Wildman–Crippen LogP) is 2.20. The van der Waals surface area contributed by atoms with Gasteiger partial charge in [-0.3, -0.25) is 10.1 Å². The first-order valence-electron chi connectivity index (χ1n) is 8.94. The van der Waals surface area contributed by atoms with E-state index in [1.807, 2.05) is 0 Å². The third-order valence-electron chi connectivity index (χ3n) is 5.64. The van der Waals surface area contributed by atoms with Crippen LogP contribution in [0.4, 0.5) is 0 Å². The highest BCUT2D eigenvalue weighted by Crippen LogP contribution is 2.33. The molecule has 3 aliphatic rings. The summed E-state index contributed by atoms with van der Waals surface area (Å²) in [5, 5.41) is 3.61. The van der Waals surface area contributed by atoms with Crippen LogP contribution in [0.3, 0.4) is 0 Å². The summed E-state index contributed by atoms with van der Waals surface area (Å²) in [6.45, 7) is 8.98. The molecule has 3 heterocycles.